The second-order valence-electron chi connectivity index (χ2n) is 4.91. The average Bonchev–Trinajstić information content (AvgIpc) is 2.92. The number of rotatable bonds is 3. The zero-order chi connectivity index (χ0) is 14.2. The van der Waals surface area contributed by atoms with Crippen LogP contribution in [-0.4, -0.2) is 38.5 Å². The topological polar surface area (TPSA) is 62.5 Å². The van der Waals surface area contributed by atoms with Gasteiger partial charge < -0.3 is 14.6 Å². The third kappa shape index (κ3) is 2.18. The van der Waals surface area contributed by atoms with Crippen molar-refractivity contribution in [3.63, 3.8) is 0 Å². The third-order valence-corrected chi connectivity index (χ3v) is 4.34. The summed E-state index contributed by atoms with van der Waals surface area (Å²) in [4.78, 5) is 25.7. The van der Waals surface area contributed by atoms with Crippen molar-refractivity contribution in [2.45, 2.75) is 31.7 Å². The second-order valence-corrected chi connectivity index (χ2v) is 5.82. The van der Waals surface area contributed by atoms with Crippen LogP contribution in [0.4, 0.5) is 0 Å². The molecular formula is C13H17BrN2O3. The number of halogens is 1. The van der Waals surface area contributed by atoms with E-state index in [4.69, 9.17) is 0 Å². The standard InChI is InChI=1S/C13H17BrN2O3/c1-3-13(12(18)19)5-4-6-16(13)11(17)10-7-9(14)8-15(10)2/h7-8H,3-6H2,1-2H3,(H,18,19). The van der Waals surface area contributed by atoms with Crippen molar-refractivity contribution in [3.05, 3.63) is 22.4 Å². The fourth-order valence-corrected chi connectivity index (χ4v) is 3.31. The van der Waals surface area contributed by atoms with E-state index in [9.17, 15) is 14.7 Å². The van der Waals surface area contributed by atoms with Crippen molar-refractivity contribution in [2.75, 3.05) is 6.54 Å². The zero-order valence-electron chi connectivity index (χ0n) is 11.0. The number of aliphatic carboxylic acids is 1. The fourth-order valence-electron chi connectivity index (χ4n) is 2.79. The van der Waals surface area contributed by atoms with Crippen molar-refractivity contribution in [3.8, 4) is 0 Å². The molecule has 2 heterocycles. The lowest BCUT2D eigenvalue weighted by atomic mass is 9.93. The SMILES string of the molecule is CCC1(C(=O)O)CCCN1C(=O)c1cc(Br)cn1C. The van der Waals surface area contributed by atoms with Gasteiger partial charge in [0.05, 0.1) is 0 Å². The molecule has 1 saturated heterocycles. The number of carboxylic acid groups (broad SMARTS) is 1. The molecule has 1 aromatic rings. The van der Waals surface area contributed by atoms with E-state index in [1.165, 1.54) is 4.90 Å². The smallest absolute Gasteiger partial charge is 0.329 e. The normalized spacial score (nSPS) is 22.8. The van der Waals surface area contributed by atoms with Crippen molar-refractivity contribution in [2.24, 2.45) is 7.05 Å². The third-order valence-electron chi connectivity index (χ3n) is 3.91. The molecule has 1 fully saturated rings. The highest BCUT2D eigenvalue weighted by molar-refractivity contribution is 9.10. The molecule has 1 N–H and O–H groups in total. The number of nitrogens with zero attached hydrogens (tertiary/aromatic N) is 2. The largest absolute Gasteiger partial charge is 0.479 e. The number of aromatic nitrogens is 1. The van der Waals surface area contributed by atoms with Gasteiger partial charge in [-0.25, -0.2) is 4.79 Å². The molecule has 1 aliphatic heterocycles. The Morgan fingerprint density at radius 3 is 2.68 bits per heavy atom. The molecule has 19 heavy (non-hydrogen) atoms. The molecule has 2 rings (SSSR count). The molecule has 0 aromatic carbocycles. The summed E-state index contributed by atoms with van der Waals surface area (Å²) in [5.41, 5.74) is -0.541. The van der Waals surface area contributed by atoms with Crippen molar-refractivity contribution >= 4 is 27.8 Å². The lowest BCUT2D eigenvalue weighted by Crippen LogP contribution is -2.53. The monoisotopic (exact) mass is 328 g/mol. The molecule has 1 atom stereocenters. The van der Waals surface area contributed by atoms with Gasteiger partial charge in [-0.2, -0.15) is 0 Å². The van der Waals surface area contributed by atoms with E-state index in [0.29, 0.717) is 25.1 Å². The number of likely N-dealkylation sites (tertiary alicyclic amines) is 1. The number of hydrogen-bond donors (Lipinski definition) is 1. The van der Waals surface area contributed by atoms with E-state index < -0.39 is 11.5 Å². The second kappa shape index (κ2) is 5.00. The van der Waals surface area contributed by atoms with Crippen LogP contribution < -0.4 is 0 Å². The summed E-state index contributed by atoms with van der Waals surface area (Å²) in [6.45, 7) is 2.32. The molecule has 0 spiro atoms. The van der Waals surface area contributed by atoms with Gasteiger partial charge in [0.2, 0.25) is 0 Å². The first kappa shape index (κ1) is 14.1. The maximum absolute atomic E-state index is 12.6. The Bertz CT molecular complexity index is 526. The van der Waals surface area contributed by atoms with Gasteiger partial charge in [0.25, 0.3) is 5.91 Å². The maximum Gasteiger partial charge on any atom is 0.329 e. The summed E-state index contributed by atoms with van der Waals surface area (Å²) >= 11 is 3.33. The van der Waals surface area contributed by atoms with Crippen molar-refractivity contribution in [1.29, 1.82) is 0 Å². The number of carbonyl (C=O) groups is 2. The highest BCUT2D eigenvalue weighted by Gasteiger charge is 2.49. The van der Waals surface area contributed by atoms with Gasteiger partial charge in [0.15, 0.2) is 0 Å². The van der Waals surface area contributed by atoms with Crippen molar-refractivity contribution < 1.29 is 14.7 Å². The summed E-state index contributed by atoms with van der Waals surface area (Å²) in [5.74, 6) is -1.12. The van der Waals surface area contributed by atoms with Gasteiger partial charge in [-0.05, 0) is 41.3 Å². The molecule has 1 aromatic heterocycles. The minimum absolute atomic E-state index is 0.213. The van der Waals surface area contributed by atoms with Crippen molar-refractivity contribution in [1.82, 2.24) is 9.47 Å². The number of aryl methyl sites for hydroxylation is 1. The Hall–Kier alpha value is -1.30. The van der Waals surface area contributed by atoms with E-state index in [0.717, 1.165) is 10.9 Å². The van der Waals surface area contributed by atoms with Crippen LogP contribution in [0.5, 0.6) is 0 Å². The molecule has 5 nitrogen and oxygen atoms in total. The van der Waals surface area contributed by atoms with E-state index in [-0.39, 0.29) is 5.91 Å². The average molecular weight is 329 g/mol. The number of carboxylic acids is 1. The van der Waals surface area contributed by atoms with E-state index in [1.54, 1.807) is 23.9 Å². The first-order chi connectivity index (χ1) is 8.92. The zero-order valence-corrected chi connectivity index (χ0v) is 12.6. The van der Waals surface area contributed by atoms with Crippen LogP contribution in [0.3, 0.4) is 0 Å². The molecule has 0 aliphatic carbocycles. The summed E-state index contributed by atoms with van der Waals surface area (Å²) < 4.78 is 2.53. The number of carbonyl (C=O) groups excluding carboxylic acids is 1. The summed E-state index contributed by atoms with van der Waals surface area (Å²) in [5, 5.41) is 9.49. The lowest BCUT2D eigenvalue weighted by Gasteiger charge is -2.33. The molecule has 0 saturated carbocycles. The van der Waals surface area contributed by atoms with Gasteiger partial charge >= 0.3 is 5.97 Å². The maximum atomic E-state index is 12.6. The van der Waals surface area contributed by atoms with E-state index in [1.807, 2.05) is 6.92 Å². The molecule has 0 bridgehead atoms. The lowest BCUT2D eigenvalue weighted by molar-refractivity contribution is -0.148. The van der Waals surface area contributed by atoms with Gasteiger partial charge in [-0.3, -0.25) is 4.79 Å². The summed E-state index contributed by atoms with van der Waals surface area (Å²) in [7, 11) is 1.78. The number of amides is 1. The molecule has 1 unspecified atom stereocenters. The quantitative estimate of drug-likeness (QED) is 0.925. The summed E-state index contributed by atoms with van der Waals surface area (Å²) in [6.07, 6.45) is 3.48. The van der Waals surface area contributed by atoms with E-state index in [2.05, 4.69) is 15.9 Å². The minimum atomic E-state index is -1.05. The molecule has 104 valence electrons. The van der Waals surface area contributed by atoms with Crippen LogP contribution in [-0.2, 0) is 11.8 Å². The highest BCUT2D eigenvalue weighted by Crippen LogP contribution is 2.34. The first-order valence-electron chi connectivity index (χ1n) is 6.29. The predicted octanol–water partition coefficient (Wildman–Crippen LogP) is 2.26. The molecule has 1 amide bonds. The predicted molar refractivity (Wildman–Crippen MR) is 74.0 cm³/mol. The Balaban J connectivity index is 2.38. The van der Waals surface area contributed by atoms with Gasteiger partial charge in [0, 0.05) is 24.3 Å². The minimum Gasteiger partial charge on any atom is -0.479 e. The van der Waals surface area contributed by atoms with Gasteiger partial charge in [0.1, 0.15) is 11.2 Å². The Labute approximate surface area is 120 Å². The highest BCUT2D eigenvalue weighted by atomic mass is 79.9. The first-order valence-corrected chi connectivity index (χ1v) is 7.09. The summed E-state index contributed by atoms with van der Waals surface area (Å²) in [6, 6.07) is 1.73. The molecule has 1 aliphatic rings. The van der Waals surface area contributed by atoms with Crippen LogP contribution in [0.1, 0.15) is 36.7 Å². The molecular weight excluding hydrogens is 312 g/mol. The Kier molecular flexibility index (Phi) is 3.71. The van der Waals surface area contributed by atoms with Gasteiger partial charge in [-0.15, -0.1) is 0 Å². The van der Waals surface area contributed by atoms with Crippen LogP contribution in [0.2, 0.25) is 0 Å². The Morgan fingerprint density at radius 2 is 2.21 bits per heavy atom. The molecule has 0 radical (unpaired) electrons. The Morgan fingerprint density at radius 1 is 1.53 bits per heavy atom. The van der Waals surface area contributed by atoms with Gasteiger partial charge in [-0.1, -0.05) is 6.92 Å². The van der Waals surface area contributed by atoms with Crippen LogP contribution in [0.25, 0.3) is 0 Å². The molecule has 6 heteroatoms. The van der Waals surface area contributed by atoms with Crippen LogP contribution in [0.15, 0.2) is 16.7 Å². The fraction of sp³-hybridized carbons (Fsp3) is 0.538. The van der Waals surface area contributed by atoms with Crippen LogP contribution in [0, 0.1) is 0 Å². The van der Waals surface area contributed by atoms with Crippen LogP contribution >= 0.6 is 15.9 Å². The van der Waals surface area contributed by atoms with E-state index >= 15 is 0 Å². The number of hydrogen-bond acceptors (Lipinski definition) is 2.